The molecule has 20 heavy (non-hydrogen) atoms. The number of halogens is 1. The van der Waals surface area contributed by atoms with E-state index >= 15 is 0 Å². The minimum Gasteiger partial charge on any atom is -0.494 e. The molecule has 0 aromatic heterocycles. The van der Waals surface area contributed by atoms with E-state index in [2.05, 4.69) is 5.32 Å². The number of carboxylic acid groups (broad SMARTS) is 1. The third-order valence-corrected chi connectivity index (χ3v) is 3.56. The van der Waals surface area contributed by atoms with Crippen LogP contribution in [0.25, 0.3) is 0 Å². The van der Waals surface area contributed by atoms with Crippen LogP contribution in [-0.2, 0) is 4.79 Å². The molecule has 1 atom stereocenters. The predicted molar refractivity (Wildman–Crippen MR) is 77.4 cm³/mol. The lowest BCUT2D eigenvalue weighted by atomic mass is 10.2. The van der Waals surface area contributed by atoms with Gasteiger partial charge in [-0.3, -0.25) is 9.69 Å². The van der Waals surface area contributed by atoms with Gasteiger partial charge in [-0.25, -0.2) is 0 Å². The Labute approximate surface area is 123 Å². The van der Waals surface area contributed by atoms with Crippen LogP contribution >= 0.6 is 11.6 Å². The van der Waals surface area contributed by atoms with Crippen LogP contribution in [0.3, 0.4) is 0 Å². The normalized spacial score (nSPS) is 19.8. The Morgan fingerprint density at radius 1 is 1.45 bits per heavy atom. The van der Waals surface area contributed by atoms with Gasteiger partial charge in [-0.05, 0) is 30.7 Å². The summed E-state index contributed by atoms with van der Waals surface area (Å²) in [6, 6.07) is 6.79. The van der Waals surface area contributed by atoms with Crippen LogP contribution in [0.1, 0.15) is 6.42 Å². The second-order valence-corrected chi connectivity index (χ2v) is 5.19. The summed E-state index contributed by atoms with van der Waals surface area (Å²) in [6.45, 7) is 3.40. The van der Waals surface area contributed by atoms with Gasteiger partial charge < -0.3 is 15.2 Å². The van der Waals surface area contributed by atoms with Crippen molar-refractivity contribution >= 4 is 17.6 Å². The standard InChI is InChI=1S/C14H19ClN2O3/c15-11-2-4-12(5-3-11)20-9-1-7-17-8-6-16-10-13(17)14(18)19/h2-5,13,16H,1,6-10H2,(H,18,19). The summed E-state index contributed by atoms with van der Waals surface area (Å²) < 4.78 is 5.60. The molecule has 1 aliphatic heterocycles. The van der Waals surface area contributed by atoms with Crippen molar-refractivity contribution < 1.29 is 14.6 Å². The first kappa shape index (κ1) is 15.1. The number of hydrogen-bond acceptors (Lipinski definition) is 4. The topological polar surface area (TPSA) is 61.8 Å². The van der Waals surface area contributed by atoms with Gasteiger partial charge in [0.2, 0.25) is 0 Å². The van der Waals surface area contributed by atoms with Crippen molar-refractivity contribution in [1.82, 2.24) is 10.2 Å². The van der Waals surface area contributed by atoms with Gasteiger partial charge in [0.15, 0.2) is 0 Å². The Morgan fingerprint density at radius 3 is 2.90 bits per heavy atom. The van der Waals surface area contributed by atoms with Gasteiger partial charge in [0, 0.05) is 31.2 Å². The van der Waals surface area contributed by atoms with E-state index < -0.39 is 12.0 Å². The zero-order chi connectivity index (χ0) is 14.4. The molecule has 1 aliphatic rings. The molecular weight excluding hydrogens is 280 g/mol. The Morgan fingerprint density at radius 2 is 2.20 bits per heavy atom. The zero-order valence-corrected chi connectivity index (χ0v) is 12.0. The molecule has 2 rings (SSSR count). The third-order valence-electron chi connectivity index (χ3n) is 3.31. The van der Waals surface area contributed by atoms with Crippen LogP contribution in [-0.4, -0.2) is 54.8 Å². The second kappa shape index (κ2) is 7.47. The number of piperazine rings is 1. The van der Waals surface area contributed by atoms with E-state index in [0.717, 1.165) is 31.8 Å². The predicted octanol–water partition coefficient (Wildman–Crippen LogP) is 1.47. The summed E-state index contributed by atoms with van der Waals surface area (Å²) in [4.78, 5) is 13.1. The summed E-state index contributed by atoms with van der Waals surface area (Å²) in [6.07, 6.45) is 0.798. The average Bonchev–Trinajstić information content (AvgIpc) is 2.46. The monoisotopic (exact) mass is 298 g/mol. The fourth-order valence-corrected chi connectivity index (χ4v) is 2.37. The molecule has 6 heteroatoms. The quantitative estimate of drug-likeness (QED) is 0.779. The third kappa shape index (κ3) is 4.37. The Balaban J connectivity index is 1.72. The number of ether oxygens (including phenoxy) is 1. The minimum absolute atomic E-state index is 0.431. The van der Waals surface area contributed by atoms with Crippen LogP contribution in [0.5, 0.6) is 5.75 Å². The van der Waals surface area contributed by atoms with Crippen molar-refractivity contribution in [2.75, 3.05) is 32.8 Å². The molecule has 1 aromatic rings. The molecule has 1 saturated heterocycles. The molecule has 0 spiro atoms. The van der Waals surface area contributed by atoms with E-state index in [-0.39, 0.29) is 0 Å². The van der Waals surface area contributed by atoms with E-state index in [1.807, 2.05) is 17.0 Å². The lowest BCUT2D eigenvalue weighted by molar-refractivity contribution is -0.144. The summed E-state index contributed by atoms with van der Waals surface area (Å²) in [5, 5.41) is 12.9. The van der Waals surface area contributed by atoms with Gasteiger partial charge in [0.05, 0.1) is 6.61 Å². The van der Waals surface area contributed by atoms with Gasteiger partial charge in [-0.2, -0.15) is 0 Å². The van der Waals surface area contributed by atoms with Crippen LogP contribution < -0.4 is 10.1 Å². The number of aliphatic carboxylic acids is 1. The number of carbonyl (C=O) groups is 1. The second-order valence-electron chi connectivity index (χ2n) is 4.75. The van der Waals surface area contributed by atoms with Gasteiger partial charge >= 0.3 is 5.97 Å². The Bertz CT molecular complexity index is 439. The molecule has 0 aliphatic carbocycles. The van der Waals surface area contributed by atoms with Gasteiger partial charge in [0.25, 0.3) is 0 Å². The maximum atomic E-state index is 11.1. The molecule has 1 unspecified atom stereocenters. The van der Waals surface area contributed by atoms with Crippen LogP contribution in [0.4, 0.5) is 0 Å². The molecule has 1 heterocycles. The van der Waals surface area contributed by atoms with Gasteiger partial charge in [-0.15, -0.1) is 0 Å². The Hall–Kier alpha value is -1.30. The fourth-order valence-electron chi connectivity index (χ4n) is 2.25. The highest BCUT2D eigenvalue weighted by atomic mass is 35.5. The first-order valence-electron chi connectivity index (χ1n) is 6.73. The summed E-state index contributed by atoms with van der Waals surface area (Å²) >= 11 is 5.80. The molecule has 110 valence electrons. The first-order valence-corrected chi connectivity index (χ1v) is 7.10. The largest absolute Gasteiger partial charge is 0.494 e. The van der Waals surface area contributed by atoms with Crippen LogP contribution in [0, 0.1) is 0 Å². The van der Waals surface area contributed by atoms with Crippen molar-refractivity contribution in [3.8, 4) is 5.75 Å². The molecule has 5 nitrogen and oxygen atoms in total. The smallest absolute Gasteiger partial charge is 0.322 e. The molecule has 2 N–H and O–H groups in total. The summed E-state index contributed by atoms with van der Waals surface area (Å²) in [5.74, 6) is 0.0142. The van der Waals surface area contributed by atoms with Crippen molar-refractivity contribution in [2.24, 2.45) is 0 Å². The summed E-state index contributed by atoms with van der Waals surface area (Å²) in [5.41, 5.74) is 0. The van der Waals surface area contributed by atoms with E-state index in [4.69, 9.17) is 21.4 Å². The van der Waals surface area contributed by atoms with E-state index in [0.29, 0.717) is 18.2 Å². The lowest BCUT2D eigenvalue weighted by Crippen LogP contribution is -2.55. The highest BCUT2D eigenvalue weighted by Gasteiger charge is 2.27. The van der Waals surface area contributed by atoms with Crippen LogP contribution in [0.15, 0.2) is 24.3 Å². The number of carboxylic acids is 1. The number of benzene rings is 1. The Kier molecular flexibility index (Phi) is 5.64. The maximum Gasteiger partial charge on any atom is 0.322 e. The van der Waals surface area contributed by atoms with Crippen molar-refractivity contribution in [3.63, 3.8) is 0 Å². The molecular formula is C14H19ClN2O3. The molecule has 0 radical (unpaired) electrons. The number of hydrogen-bond donors (Lipinski definition) is 2. The molecule has 0 amide bonds. The van der Waals surface area contributed by atoms with Gasteiger partial charge in [-0.1, -0.05) is 11.6 Å². The molecule has 0 saturated carbocycles. The summed E-state index contributed by atoms with van der Waals surface area (Å²) in [7, 11) is 0. The molecule has 0 bridgehead atoms. The average molecular weight is 299 g/mol. The number of rotatable bonds is 6. The number of nitrogens with zero attached hydrogens (tertiary/aromatic N) is 1. The van der Waals surface area contributed by atoms with E-state index in [9.17, 15) is 4.79 Å². The van der Waals surface area contributed by atoms with Crippen molar-refractivity contribution in [2.45, 2.75) is 12.5 Å². The minimum atomic E-state index is -0.768. The molecule has 1 aromatic carbocycles. The zero-order valence-electron chi connectivity index (χ0n) is 11.2. The van der Waals surface area contributed by atoms with E-state index in [1.165, 1.54) is 0 Å². The van der Waals surface area contributed by atoms with Gasteiger partial charge in [0.1, 0.15) is 11.8 Å². The fraction of sp³-hybridized carbons (Fsp3) is 0.500. The van der Waals surface area contributed by atoms with Crippen LogP contribution in [0.2, 0.25) is 5.02 Å². The number of nitrogens with one attached hydrogen (secondary N) is 1. The van der Waals surface area contributed by atoms with Crippen molar-refractivity contribution in [3.05, 3.63) is 29.3 Å². The highest BCUT2D eigenvalue weighted by molar-refractivity contribution is 6.30. The molecule has 1 fully saturated rings. The van der Waals surface area contributed by atoms with Crippen molar-refractivity contribution in [1.29, 1.82) is 0 Å². The SMILES string of the molecule is O=C(O)C1CNCCN1CCCOc1ccc(Cl)cc1. The van der Waals surface area contributed by atoms with E-state index in [1.54, 1.807) is 12.1 Å². The lowest BCUT2D eigenvalue weighted by Gasteiger charge is -2.33. The maximum absolute atomic E-state index is 11.1. The first-order chi connectivity index (χ1) is 9.66. The highest BCUT2D eigenvalue weighted by Crippen LogP contribution is 2.15.